The van der Waals surface area contributed by atoms with Crippen molar-refractivity contribution in [3.8, 4) is 5.75 Å². The summed E-state index contributed by atoms with van der Waals surface area (Å²) in [6.07, 6.45) is 1.46. The van der Waals surface area contributed by atoms with E-state index < -0.39 is 17.6 Å². The Morgan fingerprint density at radius 3 is 2.45 bits per heavy atom. The highest BCUT2D eigenvalue weighted by Gasteiger charge is 2.35. The Balaban J connectivity index is 1.57. The highest BCUT2D eigenvalue weighted by Crippen LogP contribution is 2.27. The maximum absolute atomic E-state index is 14.3. The Bertz CT molecular complexity index is 1300. The van der Waals surface area contributed by atoms with Gasteiger partial charge in [-0.1, -0.05) is 30.3 Å². The van der Waals surface area contributed by atoms with Crippen LogP contribution in [0.15, 0.2) is 72.3 Å². The number of benzene rings is 3. The van der Waals surface area contributed by atoms with Crippen LogP contribution < -0.4 is 15.0 Å². The molecule has 166 valence electrons. The van der Waals surface area contributed by atoms with Crippen LogP contribution in [-0.2, 0) is 16.2 Å². The zero-order valence-corrected chi connectivity index (χ0v) is 22.0. The van der Waals surface area contributed by atoms with Crippen molar-refractivity contribution in [3.63, 3.8) is 0 Å². The average molecular weight is 684 g/mol. The van der Waals surface area contributed by atoms with Gasteiger partial charge in [0.05, 0.1) is 9.26 Å². The van der Waals surface area contributed by atoms with E-state index in [0.29, 0.717) is 17.9 Å². The molecule has 1 N–H and O–H groups in total. The number of nitrogens with one attached hydrogen (secondary N) is 1. The van der Waals surface area contributed by atoms with E-state index in [-0.39, 0.29) is 16.4 Å². The van der Waals surface area contributed by atoms with E-state index in [2.05, 4.69) is 50.5 Å². The molecule has 3 aromatic carbocycles. The second-order valence-corrected chi connectivity index (χ2v) is 9.81. The fourth-order valence-corrected chi connectivity index (χ4v) is 4.47. The maximum atomic E-state index is 14.3. The van der Waals surface area contributed by atoms with Gasteiger partial charge in [-0.25, -0.2) is 9.29 Å². The molecule has 0 bridgehead atoms. The van der Waals surface area contributed by atoms with Crippen LogP contribution in [0.1, 0.15) is 11.1 Å². The Morgan fingerprint density at radius 2 is 1.76 bits per heavy atom. The second kappa shape index (κ2) is 10.3. The van der Waals surface area contributed by atoms with Crippen molar-refractivity contribution in [2.24, 2.45) is 0 Å². The number of halogens is 3. The summed E-state index contributed by atoms with van der Waals surface area (Å²) in [7, 11) is 0. The van der Waals surface area contributed by atoms with Gasteiger partial charge in [0.25, 0.3) is 11.8 Å². The Labute approximate surface area is 222 Å². The molecule has 0 spiro atoms. The first-order valence-electron chi connectivity index (χ1n) is 9.66. The lowest BCUT2D eigenvalue weighted by Crippen LogP contribution is -2.54. The molecule has 0 unspecified atom stereocenters. The zero-order chi connectivity index (χ0) is 23.5. The van der Waals surface area contributed by atoms with E-state index in [1.807, 2.05) is 24.3 Å². The molecule has 0 saturated carbocycles. The molecule has 1 aliphatic rings. The first-order valence-corrected chi connectivity index (χ1v) is 12.2. The number of amides is 2. The van der Waals surface area contributed by atoms with Crippen LogP contribution >= 0.6 is 57.4 Å². The molecule has 33 heavy (non-hydrogen) atoms. The van der Waals surface area contributed by atoms with Gasteiger partial charge in [-0.05, 0) is 111 Å². The smallest absolute Gasteiger partial charge is 0.270 e. The molecule has 1 saturated heterocycles. The molecule has 2 amide bonds. The molecule has 0 aromatic heterocycles. The SMILES string of the molecule is O=C1NC(=S)N(c2ccccc2F)C(=O)/C1=C/c1ccc(OCc2ccc(I)cc2)c(I)c1. The first kappa shape index (κ1) is 23.8. The van der Waals surface area contributed by atoms with Gasteiger partial charge in [0.15, 0.2) is 5.11 Å². The monoisotopic (exact) mass is 684 g/mol. The lowest BCUT2D eigenvalue weighted by molar-refractivity contribution is -0.122. The maximum Gasteiger partial charge on any atom is 0.270 e. The summed E-state index contributed by atoms with van der Waals surface area (Å²) in [6, 6.07) is 19.1. The number of hydrogen-bond donors (Lipinski definition) is 1. The highest BCUT2D eigenvalue weighted by molar-refractivity contribution is 14.1. The van der Waals surface area contributed by atoms with Crippen LogP contribution in [0.25, 0.3) is 6.08 Å². The van der Waals surface area contributed by atoms with Gasteiger partial charge in [-0.3, -0.25) is 14.9 Å². The van der Waals surface area contributed by atoms with Gasteiger partial charge in [-0.2, -0.15) is 0 Å². The van der Waals surface area contributed by atoms with E-state index in [9.17, 15) is 14.0 Å². The fourth-order valence-electron chi connectivity index (χ4n) is 3.14. The molecule has 0 aliphatic carbocycles. The van der Waals surface area contributed by atoms with Crippen molar-refractivity contribution in [1.82, 2.24) is 5.32 Å². The normalized spacial score (nSPS) is 15.1. The predicted octanol–water partition coefficient (Wildman–Crippen LogP) is 5.45. The number of para-hydroxylation sites is 1. The van der Waals surface area contributed by atoms with Crippen LogP contribution in [0.2, 0.25) is 0 Å². The van der Waals surface area contributed by atoms with Gasteiger partial charge in [0.1, 0.15) is 23.7 Å². The van der Waals surface area contributed by atoms with Crippen molar-refractivity contribution >= 4 is 86.1 Å². The van der Waals surface area contributed by atoms with Gasteiger partial charge >= 0.3 is 0 Å². The third kappa shape index (κ3) is 5.41. The van der Waals surface area contributed by atoms with Crippen molar-refractivity contribution in [2.75, 3.05) is 4.90 Å². The molecule has 0 radical (unpaired) electrons. The molecule has 9 heteroatoms. The van der Waals surface area contributed by atoms with Crippen LogP contribution in [-0.4, -0.2) is 16.9 Å². The number of carbonyl (C=O) groups excluding carboxylic acids is 2. The van der Waals surface area contributed by atoms with Gasteiger partial charge < -0.3 is 4.74 Å². The quantitative estimate of drug-likeness (QED) is 0.168. The molecule has 0 atom stereocenters. The van der Waals surface area contributed by atoms with E-state index in [4.69, 9.17) is 17.0 Å². The minimum atomic E-state index is -0.692. The number of rotatable bonds is 5. The lowest BCUT2D eigenvalue weighted by atomic mass is 10.1. The number of carbonyl (C=O) groups is 2. The molecule has 1 aliphatic heterocycles. The number of anilines is 1. The average Bonchev–Trinajstić information content (AvgIpc) is 2.78. The molecule has 5 nitrogen and oxygen atoms in total. The third-order valence-corrected chi connectivity index (χ3v) is 6.62. The minimum Gasteiger partial charge on any atom is -0.488 e. The predicted molar refractivity (Wildman–Crippen MR) is 145 cm³/mol. The number of ether oxygens (including phenoxy) is 1. The summed E-state index contributed by atoms with van der Waals surface area (Å²) in [5.74, 6) is -1.26. The molecule has 4 rings (SSSR count). The summed E-state index contributed by atoms with van der Waals surface area (Å²) in [5, 5.41) is 2.29. The first-order chi connectivity index (χ1) is 15.8. The Morgan fingerprint density at radius 1 is 1.03 bits per heavy atom. The fraction of sp³-hybridized carbons (Fsp3) is 0.0417. The topological polar surface area (TPSA) is 58.6 Å². The summed E-state index contributed by atoms with van der Waals surface area (Å²) >= 11 is 9.50. The Hall–Kier alpha value is -2.38. The minimum absolute atomic E-state index is 0.0210. The summed E-state index contributed by atoms with van der Waals surface area (Å²) in [4.78, 5) is 26.5. The largest absolute Gasteiger partial charge is 0.488 e. The van der Waals surface area contributed by atoms with Crippen LogP contribution in [0, 0.1) is 13.0 Å². The van der Waals surface area contributed by atoms with Crippen LogP contribution in [0.3, 0.4) is 0 Å². The standard InChI is InChI=1S/C24H15FI2N2O3S/c25-18-3-1-2-4-20(18)29-23(31)17(22(30)28-24(29)33)11-15-7-10-21(19(27)12-15)32-13-14-5-8-16(26)9-6-14/h1-12H,13H2,(H,28,30,33)/b17-11+. The third-order valence-electron chi connectivity index (χ3n) is 4.77. The number of hydrogen-bond acceptors (Lipinski definition) is 4. The van der Waals surface area contributed by atoms with Crippen molar-refractivity contribution in [2.45, 2.75) is 6.61 Å². The zero-order valence-electron chi connectivity index (χ0n) is 16.8. The van der Waals surface area contributed by atoms with Gasteiger partial charge in [0, 0.05) is 3.57 Å². The van der Waals surface area contributed by atoms with E-state index in [0.717, 1.165) is 17.6 Å². The van der Waals surface area contributed by atoms with Crippen molar-refractivity contribution in [1.29, 1.82) is 0 Å². The van der Waals surface area contributed by atoms with Crippen molar-refractivity contribution < 1.29 is 18.7 Å². The van der Waals surface area contributed by atoms with Gasteiger partial charge in [-0.15, -0.1) is 0 Å². The molecule has 1 fully saturated rings. The molecular weight excluding hydrogens is 669 g/mol. The van der Waals surface area contributed by atoms with Crippen LogP contribution in [0.5, 0.6) is 5.75 Å². The van der Waals surface area contributed by atoms with Crippen LogP contribution in [0.4, 0.5) is 10.1 Å². The van der Waals surface area contributed by atoms with E-state index in [1.165, 1.54) is 24.3 Å². The number of nitrogens with zero attached hydrogens (tertiary/aromatic N) is 1. The Kier molecular flexibility index (Phi) is 7.39. The molecule has 1 heterocycles. The van der Waals surface area contributed by atoms with E-state index >= 15 is 0 Å². The lowest BCUT2D eigenvalue weighted by Gasteiger charge is -2.29. The van der Waals surface area contributed by atoms with E-state index in [1.54, 1.807) is 24.3 Å². The second-order valence-electron chi connectivity index (χ2n) is 7.01. The summed E-state index contributed by atoms with van der Waals surface area (Å²) < 4.78 is 22.2. The van der Waals surface area contributed by atoms with Crippen molar-refractivity contribution in [3.05, 3.63) is 96.4 Å². The summed E-state index contributed by atoms with van der Waals surface area (Å²) in [6.45, 7) is 0.420. The number of thiocarbonyl (C=S) groups is 1. The van der Waals surface area contributed by atoms with Gasteiger partial charge in [0.2, 0.25) is 0 Å². The highest BCUT2D eigenvalue weighted by atomic mass is 127. The molecule has 3 aromatic rings. The molecular formula is C24H15FI2N2O3S. The summed E-state index contributed by atoms with van der Waals surface area (Å²) in [5.41, 5.74) is 1.51.